The van der Waals surface area contributed by atoms with Gasteiger partial charge in [0.1, 0.15) is 6.04 Å². The second kappa shape index (κ2) is 4.44. The third-order valence-corrected chi connectivity index (χ3v) is 2.31. The molecule has 0 bridgehead atoms. The van der Waals surface area contributed by atoms with E-state index in [1.807, 2.05) is 0 Å². The Kier molecular flexibility index (Phi) is 3.51. The molecule has 12 heavy (non-hydrogen) atoms. The van der Waals surface area contributed by atoms with Crippen LogP contribution in [0.3, 0.4) is 0 Å². The molecule has 3 nitrogen and oxygen atoms in total. The lowest BCUT2D eigenvalue weighted by atomic mass is 10.0. The molecule has 0 saturated carbocycles. The number of rotatable bonds is 2. The summed E-state index contributed by atoms with van der Waals surface area (Å²) in [5, 5.41) is 12.2. The number of nitriles is 1. The van der Waals surface area contributed by atoms with E-state index in [2.05, 4.69) is 30.1 Å². The molecule has 0 spiro atoms. The maximum atomic E-state index is 8.94. The van der Waals surface area contributed by atoms with Gasteiger partial charge in [0.2, 0.25) is 0 Å². The Labute approximate surface area is 74.4 Å². The van der Waals surface area contributed by atoms with Crippen LogP contribution in [0.2, 0.25) is 0 Å². The topological polar surface area (TPSA) is 39.1 Å². The van der Waals surface area contributed by atoms with Gasteiger partial charge in [-0.1, -0.05) is 13.8 Å². The normalized spacial score (nSPS) is 22.2. The van der Waals surface area contributed by atoms with Crippen LogP contribution in [0.1, 0.15) is 13.8 Å². The molecule has 0 aliphatic carbocycles. The molecule has 1 saturated heterocycles. The lowest BCUT2D eigenvalue weighted by molar-refractivity contribution is 0.173. The second-order valence-electron chi connectivity index (χ2n) is 3.60. The van der Waals surface area contributed by atoms with Gasteiger partial charge in [-0.15, -0.1) is 0 Å². The zero-order valence-electron chi connectivity index (χ0n) is 7.88. The molecular formula is C9H17N3. The summed E-state index contributed by atoms with van der Waals surface area (Å²) in [7, 11) is 0. The van der Waals surface area contributed by atoms with Crippen molar-refractivity contribution in [3.05, 3.63) is 0 Å². The van der Waals surface area contributed by atoms with Crippen molar-refractivity contribution in [2.24, 2.45) is 5.92 Å². The van der Waals surface area contributed by atoms with E-state index in [-0.39, 0.29) is 6.04 Å². The highest BCUT2D eigenvalue weighted by Crippen LogP contribution is 2.10. The van der Waals surface area contributed by atoms with Crippen LogP contribution in [0, 0.1) is 17.2 Å². The minimum Gasteiger partial charge on any atom is -0.314 e. The molecule has 1 aliphatic heterocycles. The van der Waals surface area contributed by atoms with Gasteiger partial charge in [0.25, 0.3) is 0 Å². The molecule has 0 aromatic rings. The number of hydrogen-bond acceptors (Lipinski definition) is 3. The number of nitrogens with one attached hydrogen (secondary N) is 1. The van der Waals surface area contributed by atoms with Gasteiger partial charge in [0.05, 0.1) is 6.07 Å². The van der Waals surface area contributed by atoms with Crippen molar-refractivity contribution in [1.82, 2.24) is 10.2 Å². The van der Waals surface area contributed by atoms with E-state index in [9.17, 15) is 0 Å². The molecule has 1 heterocycles. The van der Waals surface area contributed by atoms with Gasteiger partial charge in [-0.25, -0.2) is 0 Å². The predicted octanol–water partition coefficient (Wildman–Crippen LogP) is 0.440. The van der Waals surface area contributed by atoms with Crippen LogP contribution in [-0.4, -0.2) is 37.1 Å². The predicted molar refractivity (Wildman–Crippen MR) is 48.7 cm³/mol. The van der Waals surface area contributed by atoms with E-state index in [0.29, 0.717) is 5.92 Å². The Bertz CT molecular complexity index is 165. The smallest absolute Gasteiger partial charge is 0.100 e. The van der Waals surface area contributed by atoms with E-state index in [0.717, 1.165) is 26.2 Å². The Hall–Kier alpha value is -0.590. The zero-order chi connectivity index (χ0) is 8.97. The standard InChI is InChI=1S/C9H17N3/c1-8(2)9(7-10)12-5-3-11-4-6-12/h8-9,11H,3-6H2,1-2H3/t9-/m1/s1. The van der Waals surface area contributed by atoms with Gasteiger partial charge < -0.3 is 5.32 Å². The fourth-order valence-electron chi connectivity index (χ4n) is 1.61. The van der Waals surface area contributed by atoms with E-state index >= 15 is 0 Å². The van der Waals surface area contributed by atoms with Crippen molar-refractivity contribution in [3.63, 3.8) is 0 Å². The molecule has 0 aromatic carbocycles. The van der Waals surface area contributed by atoms with Gasteiger partial charge in [-0.3, -0.25) is 4.90 Å². The fourth-order valence-corrected chi connectivity index (χ4v) is 1.61. The number of piperazine rings is 1. The van der Waals surface area contributed by atoms with Crippen LogP contribution in [-0.2, 0) is 0 Å². The highest BCUT2D eigenvalue weighted by atomic mass is 15.2. The van der Waals surface area contributed by atoms with E-state index in [1.54, 1.807) is 0 Å². The summed E-state index contributed by atoms with van der Waals surface area (Å²) < 4.78 is 0. The van der Waals surface area contributed by atoms with E-state index in [1.165, 1.54) is 0 Å². The molecule has 3 heteroatoms. The highest BCUT2D eigenvalue weighted by molar-refractivity contribution is 4.95. The van der Waals surface area contributed by atoms with Crippen LogP contribution in [0.15, 0.2) is 0 Å². The van der Waals surface area contributed by atoms with Crippen LogP contribution in [0.5, 0.6) is 0 Å². The van der Waals surface area contributed by atoms with Crippen molar-refractivity contribution in [3.8, 4) is 6.07 Å². The minimum atomic E-state index is 0.104. The van der Waals surface area contributed by atoms with Gasteiger partial charge in [-0.05, 0) is 5.92 Å². The molecule has 0 unspecified atom stereocenters. The van der Waals surface area contributed by atoms with Crippen LogP contribution >= 0.6 is 0 Å². The zero-order valence-corrected chi connectivity index (χ0v) is 7.88. The summed E-state index contributed by atoms with van der Waals surface area (Å²) in [6.07, 6.45) is 0. The lowest BCUT2D eigenvalue weighted by Gasteiger charge is -2.32. The van der Waals surface area contributed by atoms with Gasteiger partial charge in [-0.2, -0.15) is 5.26 Å². The first kappa shape index (κ1) is 9.50. The first-order valence-corrected chi connectivity index (χ1v) is 4.60. The summed E-state index contributed by atoms with van der Waals surface area (Å²) in [5.41, 5.74) is 0. The highest BCUT2D eigenvalue weighted by Gasteiger charge is 2.22. The molecule has 0 amide bonds. The van der Waals surface area contributed by atoms with Crippen molar-refractivity contribution in [2.45, 2.75) is 19.9 Å². The Morgan fingerprint density at radius 1 is 1.33 bits per heavy atom. The fraction of sp³-hybridized carbons (Fsp3) is 0.889. The Morgan fingerprint density at radius 3 is 2.33 bits per heavy atom. The molecule has 68 valence electrons. The monoisotopic (exact) mass is 167 g/mol. The summed E-state index contributed by atoms with van der Waals surface area (Å²) in [5.74, 6) is 0.438. The van der Waals surface area contributed by atoms with Gasteiger partial charge in [0, 0.05) is 26.2 Å². The summed E-state index contributed by atoms with van der Waals surface area (Å²) in [6, 6.07) is 2.47. The summed E-state index contributed by atoms with van der Waals surface area (Å²) >= 11 is 0. The molecule has 1 rings (SSSR count). The molecule has 0 radical (unpaired) electrons. The largest absolute Gasteiger partial charge is 0.314 e. The number of nitrogens with zero attached hydrogens (tertiary/aromatic N) is 2. The Morgan fingerprint density at radius 2 is 1.92 bits per heavy atom. The van der Waals surface area contributed by atoms with Crippen molar-refractivity contribution >= 4 is 0 Å². The van der Waals surface area contributed by atoms with Crippen LogP contribution in [0.4, 0.5) is 0 Å². The second-order valence-corrected chi connectivity index (χ2v) is 3.60. The molecule has 1 atom stereocenters. The van der Waals surface area contributed by atoms with Gasteiger partial charge in [0.15, 0.2) is 0 Å². The average Bonchev–Trinajstić information content (AvgIpc) is 2.07. The van der Waals surface area contributed by atoms with Crippen molar-refractivity contribution in [2.75, 3.05) is 26.2 Å². The Balaban J connectivity index is 2.47. The van der Waals surface area contributed by atoms with E-state index < -0.39 is 0 Å². The van der Waals surface area contributed by atoms with Crippen molar-refractivity contribution < 1.29 is 0 Å². The minimum absolute atomic E-state index is 0.104. The molecule has 0 aromatic heterocycles. The first-order valence-electron chi connectivity index (χ1n) is 4.60. The van der Waals surface area contributed by atoms with Crippen LogP contribution in [0.25, 0.3) is 0 Å². The molecular weight excluding hydrogens is 150 g/mol. The first-order chi connectivity index (χ1) is 5.75. The molecule has 1 aliphatic rings. The molecule has 1 N–H and O–H groups in total. The quantitative estimate of drug-likeness (QED) is 0.648. The maximum absolute atomic E-state index is 8.94. The third kappa shape index (κ3) is 2.20. The maximum Gasteiger partial charge on any atom is 0.100 e. The third-order valence-electron chi connectivity index (χ3n) is 2.31. The average molecular weight is 167 g/mol. The SMILES string of the molecule is CC(C)[C@@H](C#N)N1CCNCC1. The summed E-state index contributed by atoms with van der Waals surface area (Å²) in [6.45, 7) is 8.27. The van der Waals surface area contributed by atoms with Crippen molar-refractivity contribution in [1.29, 1.82) is 5.26 Å². The summed E-state index contributed by atoms with van der Waals surface area (Å²) in [4.78, 5) is 2.27. The molecule has 1 fully saturated rings. The number of hydrogen-bond donors (Lipinski definition) is 1. The van der Waals surface area contributed by atoms with E-state index in [4.69, 9.17) is 5.26 Å². The van der Waals surface area contributed by atoms with Crippen LogP contribution < -0.4 is 5.32 Å². The van der Waals surface area contributed by atoms with Gasteiger partial charge >= 0.3 is 0 Å². The lowest BCUT2D eigenvalue weighted by Crippen LogP contribution is -2.49.